The summed E-state index contributed by atoms with van der Waals surface area (Å²) in [4.78, 5) is 12.9. The van der Waals surface area contributed by atoms with Gasteiger partial charge < -0.3 is 10.2 Å². The first-order valence-corrected chi connectivity index (χ1v) is 8.47. The van der Waals surface area contributed by atoms with E-state index >= 15 is 0 Å². The Hall–Kier alpha value is -0.890. The maximum atomic E-state index is 10.9. The van der Waals surface area contributed by atoms with Crippen LogP contribution in [0.1, 0.15) is 26.7 Å². The fourth-order valence-corrected chi connectivity index (χ4v) is 3.60. The SMILES string of the molecule is CC(C)CN(CC1CCCN1)c1ccc([N+](=O)[O-])cc1I. The Bertz CT molecular complexity index is 502. The van der Waals surface area contributed by atoms with Gasteiger partial charge in [-0.2, -0.15) is 0 Å². The predicted octanol–water partition coefficient (Wildman–Crippen LogP) is 3.41. The van der Waals surface area contributed by atoms with Crippen molar-refractivity contribution < 1.29 is 4.92 Å². The van der Waals surface area contributed by atoms with Gasteiger partial charge in [0.15, 0.2) is 0 Å². The van der Waals surface area contributed by atoms with Crippen molar-refractivity contribution in [1.82, 2.24) is 5.32 Å². The minimum absolute atomic E-state index is 0.159. The summed E-state index contributed by atoms with van der Waals surface area (Å²) in [6.07, 6.45) is 2.44. The number of halogens is 1. The second-order valence-electron chi connectivity index (χ2n) is 5.98. The van der Waals surface area contributed by atoms with E-state index in [2.05, 4.69) is 46.7 Å². The molecule has 0 amide bonds. The lowest BCUT2D eigenvalue weighted by Crippen LogP contribution is -2.39. The largest absolute Gasteiger partial charge is 0.369 e. The summed E-state index contributed by atoms with van der Waals surface area (Å²) < 4.78 is 0.945. The quantitative estimate of drug-likeness (QED) is 0.449. The molecule has 1 saturated heterocycles. The van der Waals surface area contributed by atoms with Crippen LogP contribution in [-0.2, 0) is 0 Å². The van der Waals surface area contributed by atoms with E-state index in [1.54, 1.807) is 12.1 Å². The average molecular weight is 403 g/mol. The zero-order chi connectivity index (χ0) is 15.4. The molecule has 1 atom stereocenters. The summed E-state index contributed by atoms with van der Waals surface area (Å²) in [5.41, 5.74) is 1.26. The number of hydrogen-bond acceptors (Lipinski definition) is 4. The van der Waals surface area contributed by atoms with Gasteiger partial charge in [0.25, 0.3) is 5.69 Å². The Balaban J connectivity index is 2.20. The molecule has 1 heterocycles. The fourth-order valence-electron chi connectivity index (χ4n) is 2.76. The van der Waals surface area contributed by atoms with Crippen LogP contribution < -0.4 is 10.2 Å². The summed E-state index contributed by atoms with van der Waals surface area (Å²) in [7, 11) is 0. The number of rotatable bonds is 6. The van der Waals surface area contributed by atoms with E-state index in [0.717, 1.165) is 28.9 Å². The third kappa shape index (κ3) is 4.54. The molecule has 6 heteroatoms. The Morgan fingerprint density at radius 1 is 1.52 bits per heavy atom. The van der Waals surface area contributed by atoms with Crippen molar-refractivity contribution in [3.63, 3.8) is 0 Å². The van der Waals surface area contributed by atoms with E-state index in [0.29, 0.717) is 12.0 Å². The summed E-state index contributed by atoms with van der Waals surface area (Å²) in [6.45, 7) is 7.43. The molecular formula is C15H22IN3O2. The van der Waals surface area contributed by atoms with Gasteiger partial charge in [-0.25, -0.2) is 0 Å². The Kier molecular flexibility index (Phi) is 5.80. The maximum Gasteiger partial charge on any atom is 0.270 e. The van der Waals surface area contributed by atoms with Gasteiger partial charge in [0, 0.05) is 34.8 Å². The van der Waals surface area contributed by atoms with Crippen LogP contribution in [-0.4, -0.2) is 30.6 Å². The number of nitrogens with one attached hydrogen (secondary N) is 1. The lowest BCUT2D eigenvalue weighted by molar-refractivity contribution is -0.384. The molecule has 0 aliphatic carbocycles. The lowest BCUT2D eigenvalue weighted by atomic mass is 10.1. The molecule has 0 aromatic heterocycles. The molecule has 1 unspecified atom stereocenters. The number of nitrogens with zero attached hydrogens (tertiary/aromatic N) is 2. The molecule has 5 nitrogen and oxygen atoms in total. The van der Waals surface area contributed by atoms with E-state index < -0.39 is 0 Å². The minimum Gasteiger partial charge on any atom is -0.369 e. The number of hydrogen-bond donors (Lipinski definition) is 1. The Morgan fingerprint density at radius 2 is 2.29 bits per heavy atom. The number of nitro groups is 1. The van der Waals surface area contributed by atoms with E-state index in [1.165, 1.54) is 12.8 Å². The van der Waals surface area contributed by atoms with E-state index in [9.17, 15) is 10.1 Å². The molecule has 0 radical (unpaired) electrons. The monoisotopic (exact) mass is 403 g/mol. The Labute approximate surface area is 139 Å². The van der Waals surface area contributed by atoms with Gasteiger partial charge in [0.1, 0.15) is 0 Å². The second kappa shape index (κ2) is 7.40. The van der Waals surface area contributed by atoms with E-state index in [-0.39, 0.29) is 10.6 Å². The minimum atomic E-state index is -0.336. The van der Waals surface area contributed by atoms with Crippen LogP contribution in [0.25, 0.3) is 0 Å². The van der Waals surface area contributed by atoms with Crippen molar-refractivity contribution >= 4 is 34.0 Å². The first-order valence-electron chi connectivity index (χ1n) is 7.39. The number of nitro benzene ring substituents is 1. The van der Waals surface area contributed by atoms with Gasteiger partial charge in [-0.3, -0.25) is 10.1 Å². The van der Waals surface area contributed by atoms with Crippen molar-refractivity contribution in [3.05, 3.63) is 31.9 Å². The summed E-state index contributed by atoms with van der Waals surface area (Å²) in [6, 6.07) is 5.67. The molecule has 116 valence electrons. The molecule has 1 aliphatic heterocycles. The third-order valence-electron chi connectivity index (χ3n) is 3.67. The lowest BCUT2D eigenvalue weighted by Gasteiger charge is -2.30. The van der Waals surface area contributed by atoms with Gasteiger partial charge in [0.2, 0.25) is 0 Å². The van der Waals surface area contributed by atoms with E-state index in [1.807, 2.05) is 6.07 Å². The molecule has 1 N–H and O–H groups in total. The van der Waals surface area contributed by atoms with Crippen molar-refractivity contribution in [1.29, 1.82) is 0 Å². The number of anilines is 1. The van der Waals surface area contributed by atoms with Crippen LogP contribution in [0.2, 0.25) is 0 Å². The molecule has 1 aliphatic rings. The average Bonchev–Trinajstić information content (AvgIpc) is 2.90. The van der Waals surface area contributed by atoms with Gasteiger partial charge in [-0.05, 0) is 54.0 Å². The molecule has 0 spiro atoms. The van der Waals surface area contributed by atoms with Gasteiger partial charge in [0.05, 0.1) is 10.6 Å². The molecular weight excluding hydrogens is 381 g/mol. The number of non-ortho nitro benzene ring substituents is 1. The molecule has 0 saturated carbocycles. The third-order valence-corrected chi connectivity index (χ3v) is 4.54. The van der Waals surface area contributed by atoms with Crippen LogP contribution >= 0.6 is 22.6 Å². The van der Waals surface area contributed by atoms with Crippen molar-refractivity contribution in [3.8, 4) is 0 Å². The zero-order valence-electron chi connectivity index (χ0n) is 12.5. The fraction of sp³-hybridized carbons (Fsp3) is 0.600. The smallest absolute Gasteiger partial charge is 0.270 e. The highest BCUT2D eigenvalue weighted by atomic mass is 127. The Morgan fingerprint density at radius 3 is 2.81 bits per heavy atom. The van der Waals surface area contributed by atoms with Crippen LogP contribution in [0.5, 0.6) is 0 Å². The predicted molar refractivity (Wildman–Crippen MR) is 93.9 cm³/mol. The standard InChI is InChI=1S/C15H22IN3O2/c1-11(2)9-18(10-12-4-3-7-17-12)15-6-5-13(19(20)21)8-14(15)16/h5-6,8,11-12,17H,3-4,7,9-10H2,1-2H3. The molecule has 1 fully saturated rings. The molecule has 2 rings (SSSR count). The number of benzene rings is 1. The zero-order valence-corrected chi connectivity index (χ0v) is 14.7. The maximum absolute atomic E-state index is 10.9. The van der Waals surface area contributed by atoms with Gasteiger partial charge in [-0.15, -0.1) is 0 Å². The highest BCUT2D eigenvalue weighted by Gasteiger charge is 2.21. The molecule has 0 bridgehead atoms. The van der Waals surface area contributed by atoms with Crippen molar-refractivity contribution in [2.24, 2.45) is 5.92 Å². The first kappa shape index (κ1) is 16.5. The molecule has 21 heavy (non-hydrogen) atoms. The first-order chi connectivity index (χ1) is 9.97. The summed E-state index contributed by atoms with van der Waals surface area (Å²) in [5.74, 6) is 0.553. The molecule has 1 aromatic carbocycles. The summed E-state index contributed by atoms with van der Waals surface area (Å²) in [5, 5.41) is 14.4. The summed E-state index contributed by atoms with van der Waals surface area (Å²) >= 11 is 2.20. The topological polar surface area (TPSA) is 58.4 Å². The highest BCUT2D eigenvalue weighted by Crippen LogP contribution is 2.28. The van der Waals surface area contributed by atoms with Crippen LogP contribution in [0.4, 0.5) is 11.4 Å². The van der Waals surface area contributed by atoms with Crippen LogP contribution in [0.3, 0.4) is 0 Å². The molecule has 1 aromatic rings. The van der Waals surface area contributed by atoms with Crippen molar-refractivity contribution in [2.45, 2.75) is 32.7 Å². The van der Waals surface area contributed by atoms with E-state index in [4.69, 9.17) is 0 Å². The van der Waals surface area contributed by atoms with Gasteiger partial charge >= 0.3 is 0 Å². The van der Waals surface area contributed by atoms with Crippen LogP contribution in [0.15, 0.2) is 18.2 Å². The normalized spacial score (nSPS) is 18.2. The van der Waals surface area contributed by atoms with Crippen LogP contribution in [0, 0.1) is 19.6 Å². The highest BCUT2D eigenvalue weighted by molar-refractivity contribution is 14.1. The van der Waals surface area contributed by atoms with Crippen molar-refractivity contribution in [2.75, 3.05) is 24.5 Å². The van der Waals surface area contributed by atoms with Gasteiger partial charge in [-0.1, -0.05) is 13.8 Å². The second-order valence-corrected chi connectivity index (χ2v) is 7.15.